The standard InChI is InChI=1S/C20H24N6O3/c1-12-5-6-16(29-12)18-17(21)19(26-20(22)25-18)23-9-13-3-2-4-14(24-13)10-28-15-7-8-27-11-15/h2-6,15H,7-11,21H2,1H3,(H3,22,23,25,26). The Balaban J connectivity index is 1.45. The van der Waals surface area contributed by atoms with E-state index in [-0.39, 0.29) is 12.1 Å². The van der Waals surface area contributed by atoms with E-state index in [1.807, 2.05) is 31.2 Å². The molecule has 152 valence electrons. The SMILES string of the molecule is Cc1ccc(-c2nc(N)nc(NCc3cccc(COC4CCOC4)n3)c2N)o1. The molecule has 9 nitrogen and oxygen atoms in total. The minimum absolute atomic E-state index is 0.111. The summed E-state index contributed by atoms with van der Waals surface area (Å²) in [5, 5.41) is 3.19. The number of hydrogen-bond acceptors (Lipinski definition) is 9. The van der Waals surface area contributed by atoms with E-state index < -0.39 is 0 Å². The van der Waals surface area contributed by atoms with E-state index in [9.17, 15) is 0 Å². The van der Waals surface area contributed by atoms with Crippen LogP contribution in [0.25, 0.3) is 11.5 Å². The van der Waals surface area contributed by atoms with Crippen molar-refractivity contribution in [1.29, 1.82) is 0 Å². The number of aryl methyl sites for hydroxylation is 1. The smallest absolute Gasteiger partial charge is 0.222 e. The van der Waals surface area contributed by atoms with Gasteiger partial charge in [-0.05, 0) is 37.6 Å². The first-order valence-electron chi connectivity index (χ1n) is 9.46. The maximum Gasteiger partial charge on any atom is 0.222 e. The molecule has 0 amide bonds. The number of furan rings is 1. The Morgan fingerprint density at radius 1 is 1.14 bits per heavy atom. The summed E-state index contributed by atoms with van der Waals surface area (Å²) in [6.45, 7) is 4.13. The van der Waals surface area contributed by atoms with E-state index >= 15 is 0 Å². The third kappa shape index (κ3) is 4.64. The van der Waals surface area contributed by atoms with Crippen LogP contribution in [0.4, 0.5) is 17.5 Å². The van der Waals surface area contributed by atoms with Gasteiger partial charge in [-0.15, -0.1) is 0 Å². The Morgan fingerprint density at radius 2 is 2.00 bits per heavy atom. The molecule has 0 radical (unpaired) electrons. The summed E-state index contributed by atoms with van der Waals surface area (Å²) in [5.74, 6) is 1.86. The van der Waals surface area contributed by atoms with Crippen molar-refractivity contribution in [3.8, 4) is 11.5 Å². The first-order valence-corrected chi connectivity index (χ1v) is 9.46. The number of aromatic nitrogens is 3. The Bertz CT molecular complexity index is 984. The number of nitrogen functional groups attached to an aromatic ring is 2. The lowest BCUT2D eigenvalue weighted by molar-refractivity contribution is 0.0301. The lowest BCUT2D eigenvalue weighted by atomic mass is 10.2. The molecule has 1 aliphatic heterocycles. The summed E-state index contributed by atoms with van der Waals surface area (Å²) in [7, 11) is 0. The molecule has 0 aromatic carbocycles. The number of nitrogens with one attached hydrogen (secondary N) is 1. The van der Waals surface area contributed by atoms with Crippen LogP contribution in [0.5, 0.6) is 0 Å². The average Bonchev–Trinajstić information content (AvgIpc) is 3.39. The molecule has 1 atom stereocenters. The summed E-state index contributed by atoms with van der Waals surface area (Å²) in [6.07, 6.45) is 1.07. The number of hydrogen-bond donors (Lipinski definition) is 3. The molecule has 9 heteroatoms. The molecule has 3 aromatic heterocycles. The molecule has 0 spiro atoms. The van der Waals surface area contributed by atoms with Crippen LogP contribution in [0, 0.1) is 6.92 Å². The molecule has 0 saturated carbocycles. The van der Waals surface area contributed by atoms with Gasteiger partial charge in [-0.3, -0.25) is 4.98 Å². The van der Waals surface area contributed by atoms with Gasteiger partial charge >= 0.3 is 0 Å². The van der Waals surface area contributed by atoms with Gasteiger partial charge in [0, 0.05) is 6.61 Å². The fourth-order valence-corrected chi connectivity index (χ4v) is 3.10. The molecule has 1 unspecified atom stereocenters. The number of pyridine rings is 1. The topological polar surface area (TPSA) is 134 Å². The normalized spacial score (nSPS) is 16.2. The summed E-state index contributed by atoms with van der Waals surface area (Å²) in [6, 6.07) is 9.45. The van der Waals surface area contributed by atoms with E-state index in [4.69, 9.17) is 25.4 Å². The zero-order valence-electron chi connectivity index (χ0n) is 16.2. The largest absolute Gasteiger partial charge is 0.460 e. The predicted molar refractivity (Wildman–Crippen MR) is 109 cm³/mol. The van der Waals surface area contributed by atoms with Crippen LogP contribution >= 0.6 is 0 Å². The van der Waals surface area contributed by atoms with Crippen molar-refractivity contribution in [2.24, 2.45) is 0 Å². The van der Waals surface area contributed by atoms with Gasteiger partial charge in [-0.25, -0.2) is 4.98 Å². The number of nitrogens with zero attached hydrogens (tertiary/aromatic N) is 3. The van der Waals surface area contributed by atoms with Crippen molar-refractivity contribution in [3.05, 3.63) is 47.5 Å². The van der Waals surface area contributed by atoms with Crippen LogP contribution in [0.15, 0.2) is 34.7 Å². The van der Waals surface area contributed by atoms with Gasteiger partial charge < -0.3 is 30.7 Å². The van der Waals surface area contributed by atoms with Crippen molar-refractivity contribution in [1.82, 2.24) is 15.0 Å². The van der Waals surface area contributed by atoms with E-state index in [2.05, 4.69) is 20.3 Å². The molecule has 1 aliphatic rings. The Kier molecular flexibility index (Phi) is 5.59. The Morgan fingerprint density at radius 3 is 2.76 bits per heavy atom. The van der Waals surface area contributed by atoms with Gasteiger partial charge in [0.1, 0.15) is 17.1 Å². The summed E-state index contributed by atoms with van der Waals surface area (Å²) in [4.78, 5) is 13.1. The highest BCUT2D eigenvalue weighted by Gasteiger charge is 2.17. The fraction of sp³-hybridized carbons (Fsp3) is 0.350. The van der Waals surface area contributed by atoms with E-state index in [1.54, 1.807) is 6.07 Å². The molecule has 1 fully saturated rings. The van der Waals surface area contributed by atoms with E-state index in [0.717, 1.165) is 30.2 Å². The highest BCUT2D eigenvalue weighted by Crippen LogP contribution is 2.31. The Labute approximate surface area is 168 Å². The fourth-order valence-electron chi connectivity index (χ4n) is 3.10. The number of nitrogens with two attached hydrogens (primary N) is 2. The summed E-state index contributed by atoms with van der Waals surface area (Å²) in [5.41, 5.74) is 14.6. The van der Waals surface area contributed by atoms with Gasteiger partial charge in [0.05, 0.1) is 37.3 Å². The minimum Gasteiger partial charge on any atom is -0.460 e. The van der Waals surface area contributed by atoms with Crippen LogP contribution in [-0.2, 0) is 22.6 Å². The zero-order valence-corrected chi connectivity index (χ0v) is 16.2. The lowest BCUT2D eigenvalue weighted by Crippen LogP contribution is -2.13. The monoisotopic (exact) mass is 396 g/mol. The van der Waals surface area contributed by atoms with Crippen LogP contribution in [0.1, 0.15) is 23.6 Å². The highest BCUT2D eigenvalue weighted by molar-refractivity contribution is 5.79. The predicted octanol–water partition coefficient (Wildman–Crippen LogP) is 2.52. The first-order chi connectivity index (χ1) is 14.1. The quantitative estimate of drug-likeness (QED) is 0.550. The van der Waals surface area contributed by atoms with Crippen LogP contribution in [-0.4, -0.2) is 34.3 Å². The van der Waals surface area contributed by atoms with Gasteiger partial charge in [0.25, 0.3) is 0 Å². The molecular weight excluding hydrogens is 372 g/mol. The van der Waals surface area contributed by atoms with Crippen LogP contribution < -0.4 is 16.8 Å². The number of anilines is 3. The molecular formula is C20H24N6O3. The van der Waals surface area contributed by atoms with Crippen LogP contribution in [0.3, 0.4) is 0 Å². The third-order valence-corrected chi connectivity index (χ3v) is 4.59. The first kappa shape index (κ1) is 19.2. The maximum absolute atomic E-state index is 6.25. The second-order valence-electron chi connectivity index (χ2n) is 6.87. The second kappa shape index (κ2) is 8.46. The zero-order chi connectivity index (χ0) is 20.2. The van der Waals surface area contributed by atoms with Gasteiger partial charge in [-0.1, -0.05) is 6.07 Å². The molecule has 3 aromatic rings. The molecule has 0 bridgehead atoms. The second-order valence-corrected chi connectivity index (χ2v) is 6.87. The maximum atomic E-state index is 6.25. The van der Waals surface area contributed by atoms with E-state index in [1.165, 1.54) is 0 Å². The molecule has 0 aliphatic carbocycles. The van der Waals surface area contributed by atoms with Crippen molar-refractivity contribution >= 4 is 17.5 Å². The van der Waals surface area contributed by atoms with Crippen LogP contribution in [0.2, 0.25) is 0 Å². The molecule has 4 rings (SSSR count). The van der Waals surface area contributed by atoms with Crippen molar-refractivity contribution in [3.63, 3.8) is 0 Å². The molecule has 1 saturated heterocycles. The minimum atomic E-state index is 0.111. The lowest BCUT2D eigenvalue weighted by Gasteiger charge is -2.12. The summed E-state index contributed by atoms with van der Waals surface area (Å²) < 4.78 is 16.8. The molecule has 29 heavy (non-hydrogen) atoms. The molecule has 5 N–H and O–H groups in total. The van der Waals surface area contributed by atoms with Gasteiger partial charge in [0.15, 0.2) is 11.6 Å². The third-order valence-electron chi connectivity index (χ3n) is 4.59. The molecule has 4 heterocycles. The van der Waals surface area contributed by atoms with Gasteiger partial charge in [-0.2, -0.15) is 4.98 Å². The van der Waals surface area contributed by atoms with Crippen molar-refractivity contribution < 1.29 is 13.9 Å². The number of ether oxygens (including phenoxy) is 2. The number of rotatable bonds is 7. The Hall–Kier alpha value is -3.17. The summed E-state index contributed by atoms with van der Waals surface area (Å²) >= 11 is 0. The average molecular weight is 396 g/mol. The van der Waals surface area contributed by atoms with E-state index in [0.29, 0.717) is 42.7 Å². The van der Waals surface area contributed by atoms with Crippen molar-refractivity contribution in [2.75, 3.05) is 30.0 Å². The van der Waals surface area contributed by atoms with Gasteiger partial charge in [0.2, 0.25) is 5.95 Å². The highest BCUT2D eigenvalue weighted by atomic mass is 16.5. The van der Waals surface area contributed by atoms with Crippen molar-refractivity contribution in [2.45, 2.75) is 32.6 Å².